The molecule has 1 heterocycles. The van der Waals surface area contributed by atoms with E-state index in [4.69, 9.17) is 0 Å². The van der Waals surface area contributed by atoms with E-state index in [-0.39, 0.29) is 10.6 Å². The van der Waals surface area contributed by atoms with E-state index in [1.54, 1.807) is 6.07 Å². The molecule has 1 saturated heterocycles. The summed E-state index contributed by atoms with van der Waals surface area (Å²) >= 11 is 0. The highest BCUT2D eigenvalue weighted by Crippen LogP contribution is 2.30. The van der Waals surface area contributed by atoms with Crippen LogP contribution in [0.25, 0.3) is 0 Å². The molecule has 1 aliphatic heterocycles. The van der Waals surface area contributed by atoms with Crippen LogP contribution in [0.3, 0.4) is 0 Å². The van der Waals surface area contributed by atoms with Crippen LogP contribution in [0.5, 0.6) is 0 Å². The highest BCUT2D eigenvalue weighted by molar-refractivity contribution is 5.66. The van der Waals surface area contributed by atoms with Crippen molar-refractivity contribution in [1.82, 2.24) is 4.90 Å². The molecule has 0 spiro atoms. The van der Waals surface area contributed by atoms with Crippen molar-refractivity contribution in [1.29, 1.82) is 0 Å². The van der Waals surface area contributed by atoms with Crippen molar-refractivity contribution < 1.29 is 10.0 Å². The smallest absolute Gasteiger partial charge is 0.292 e. The second kappa shape index (κ2) is 6.41. The summed E-state index contributed by atoms with van der Waals surface area (Å²) in [4.78, 5) is 13.0. The molecule has 2 rings (SSSR count). The molecule has 0 aliphatic carbocycles. The first-order valence-electron chi connectivity index (χ1n) is 7.38. The summed E-state index contributed by atoms with van der Waals surface area (Å²) in [5.74, 6) is 0. The zero-order valence-corrected chi connectivity index (χ0v) is 12.6. The van der Waals surface area contributed by atoms with Gasteiger partial charge in [0, 0.05) is 32.2 Å². The molecule has 6 heteroatoms. The minimum Gasteiger partial charge on any atom is -0.390 e. The molecule has 116 valence electrons. The Morgan fingerprint density at radius 1 is 1.43 bits per heavy atom. The van der Waals surface area contributed by atoms with E-state index in [9.17, 15) is 15.2 Å². The van der Waals surface area contributed by atoms with Crippen LogP contribution >= 0.6 is 0 Å². The van der Waals surface area contributed by atoms with Crippen LogP contribution in [0.15, 0.2) is 18.2 Å². The highest BCUT2D eigenvalue weighted by Gasteiger charge is 2.28. The average molecular weight is 293 g/mol. The Hall–Kier alpha value is -1.66. The number of para-hydroxylation sites is 1. The average Bonchev–Trinajstić information content (AvgIpc) is 2.43. The fourth-order valence-corrected chi connectivity index (χ4v) is 2.69. The Labute approximate surface area is 124 Å². The second-order valence-electron chi connectivity index (χ2n) is 5.87. The number of aliphatic hydroxyl groups is 1. The molecule has 0 unspecified atom stereocenters. The Balaban J connectivity index is 2.16. The normalized spacial score (nSPS) is 18.4. The minimum absolute atomic E-state index is 0.123. The third-order valence-electron chi connectivity index (χ3n) is 4.01. The minimum atomic E-state index is -0.580. The van der Waals surface area contributed by atoms with E-state index in [1.807, 2.05) is 19.9 Å². The second-order valence-corrected chi connectivity index (χ2v) is 5.87. The van der Waals surface area contributed by atoms with Crippen LogP contribution in [0, 0.1) is 10.1 Å². The van der Waals surface area contributed by atoms with Crippen LogP contribution in [0.1, 0.15) is 32.3 Å². The Morgan fingerprint density at radius 2 is 2.10 bits per heavy atom. The molecule has 21 heavy (non-hydrogen) atoms. The van der Waals surface area contributed by atoms with Crippen LogP contribution in [0.4, 0.5) is 11.4 Å². The number of rotatable bonds is 5. The number of nitro benzene ring substituents is 1. The van der Waals surface area contributed by atoms with Gasteiger partial charge in [-0.2, -0.15) is 0 Å². The van der Waals surface area contributed by atoms with Crippen LogP contribution in [-0.2, 0) is 6.54 Å². The summed E-state index contributed by atoms with van der Waals surface area (Å²) in [6.45, 7) is 6.72. The molecule has 0 aromatic heterocycles. The lowest BCUT2D eigenvalue weighted by molar-refractivity contribution is -0.384. The molecular formula is C15H23N3O3. The van der Waals surface area contributed by atoms with Crippen molar-refractivity contribution in [2.24, 2.45) is 0 Å². The van der Waals surface area contributed by atoms with Gasteiger partial charge < -0.3 is 10.4 Å². The first kappa shape index (κ1) is 15.7. The quantitative estimate of drug-likeness (QED) is 0.643. The van der Waals surface area contributed by atoms with E-state index in [1.165, 1.54) is 6.07 Å². The molecule has 2 N–H and O–H groups in total. The molecule has 1 aromatic carbocycles. The number of nitrogens with zero attached hydrogens (tertiary/aromatic N) is 2. The van der Waals surface area contributed by atoms with Crippen molar-refractivity contribution >= 4 is 11.4 Å². The number of hydrogen-bond acceptors (Lipinski definition) is 5. The summed E-state index contributed by atoms with van der Waals surface area (Å²) in [6, 6.07) is 5.19. The van der Waals surface area contributed by atoms with Crippen LogP contribution < -0.4 is 5.32 Å². The third kappa shape index (κ3) is 3.92. The van der Waals surface area contributed by atoms with Gasteiger partial charge in [0.15, 0.2) is 0 Å². The number of hydrogen-bond donors (Lipinski definition) is 2. The lowest BCUT2D eigenvalue weighted by atomic mass is 9.93. The van der Waals surface area contributed by atoms with Gasteiger partial charge in [-0.05, 0) is 32.3 Å². The third-order valence-corrected chi connectivity index (χ3v) is 4.01. The SMILES string of the molecule is CCNc1c(CN2CCC(C)(O)CC2)cccc1[N+](=O)[O-]. The molecule has 6 nitrogen and oxygen atoms in total. The van der Waals surface area contributed by atoms with Gasteiger partial charge in [0.05, 0.1) is 10.5 Å². The fourth-order valence-electron chi connectivity index (χ4n) is 2.69. The number of nitro groups is 1. The maximum absolute atomic E-state index is 11.1. The lowest BCUT2D eigenvalue weighted by Crippen LogP contribution is -2.42. The van der Waals surface area contributed by atoms with Gasteiger partial charge in [0.1, 0.15) is 5.69 Å². The summed E-state index contributed by atoms with van der Waals surface area (Å²) in [6.07, 6.45) is 1.47. The molecule has 0 amide bonds. The number of anilines is 1. The first-order valence-corrected chi connectivity index (χ1v) is 7.38. The number of benzene rings is 1. The fraction of sp³-hybridized carbons (Fsp3) is 0.600. The van der Waals surface area contributed by atoms with Crippen molar-refractivity contribution in [2.45, 2.75) is 38.8 Å². The predicted molar refractivity (Wildman–Crippen MR) is 82.4 cm³/mol. The van der Waals surface area contributed by atoms with Crippen LogP contribution in [0.2, 0.25) is 0 Å². The summed E-state index contributed by atoms with van der Waals surface area (Å²) < 4.78 is 0. The largest absolute Gasteiger partial charge is 0.390 e. The molecule has 1 aromatic rings. The van der Waals surface area contributed by atoms with Gasteiger partial charge in [-0.3, -0.25) is 15.0 Å². The van der Waals surface area contributed by atoms with Crippen molar-refractivity contribution in [3.8, 4) is 0 Å². The molecule has 1 fully saturated rings. The monoisotopic (exact) mass is 293 g/mol. The molecule has 0 atom stereocenters. The molecule has 0 bridgehead atoms. The highest BCUT2D eigenvalue weighted by atomic mass is 16.6. The van der Waals surface area contributed by atoms with E-state index in [0.717, 1.165) is 31.5 Å². The van der Waals surface area contributed by atoms with Crippen molar-refractivity contribution in [3.63, 3.8) is 0 Å². The Morgan fingerprint density at radius 3 is 2.67 bits per heavy atom. The number of nitrogens with one attached hydrogen (secondary N) is 1. The molecular weight excluding hydrogens is 270 g/mol. The van der Waals surface area contributed by atoms with Gasteiger partial charge >= 0.3 is 0 Å². The molecule has 0 radical (unpaired) electrons. The van der Waals surface area contributed by atoms with E-state index >= 15 is 0 Å². The number of likely N-dealkylation sites (tertiary alicyclic amines) is 1. The van der Waals surface area contributed by atoms with Gasteiger partial charge in [-0.1, -0.05) is 12.1 Å². The van der Waals surface area contributed by atoms with Crippen LogP contribution in [-0.4, -0.2) is 40.2 Å². The van der Waals surface area contributed by atoms with Gasteiger partial charge in [0.2, 0.25) is 0 Å². The van der Waals surface area contributed by atoms with E-state index in [2.05, 4.69) is 10.2 Å². The maximum atomic E-state index is 11.1. The maximum Gasteiger partial charge on any atom is 0.292 e. The molecule has 0 saturated carbocycles. The Kier molecular flexibility index (Phi) is 4.80. The zero-order chi connectivity index (χ0) is 15.5. The summed E-state index contributed by atoms with van der Waals surface area (Å²) in [5, 5.41) is 24.2. The first-order chi connectivity index (χ1) is 9.93. The lowest BCUT2D eigenvalue weighted by Gasteiger charge is -2.36. The Bertz CT molecular complexity index is 507. The topological polar surface area (TPSA) is 78.6 Å². The van der Waals surface area contributed by atoms with Crippen molar-refractivity contribution in [2.75, 3.05) is 25.0 Å². The van der Waals surface area contributed by atoms with E-state index in [0.29, 0.717) is 18.8 Å². The van der Waals surface area contributed by atoms with Gasteiger partial charge in [-0.25, -0.2) is 0 Å². The molecule has 1 aliphatic rings. The predicted octanol–water partition coefficient (Wildman–Crippen LogP) is 2.37. The van der Waals surface area contributed by atoms with Gasteiger partial charge in [-0.15, -0.1) is 0 Å². The summed E-state index contributed by atoms with van der Waals surface area (Å²) in [5.41, 5.74) is 1.09. The van der Waals surface area contributed by atoms with E-state index < -0.39 is 5.60 Å². The zero-order valence-electron chi connectivity index (χ0n) is 12.6. The van der Waals surface area contributed by atoms with Gasteiger partial charge in [0.25, 0.3) is 5.69 Å². The van der Waals surface area contributed by atoms with Crippen molar-refractivity contribution in [3.05, 3.63) is 33.9 Å². The standard InChI is InChI=1S/C15H23N3O3/c1-3-16-14-12(5-4-6-13(14)18(20)21)11-17-9-7-15(2,19)8-10-17/h4-6,16,19H,3,7-11H2,1-2H3. The summed E-state index contributed by atoms with van der Waals surface area (Å²) in [7, 11) is 0. The number of piperidine rings is 1.